The lowest BCUT2D eigenvalue weighted by atomic mass is 9.94. The zero-order valence-electron chi connectivity index (χ0n) is 11.6. The molecule has 0 spiro atoms. The molecule has 2 atom stereocenters. The van der Waals surface area contributed by atoms with Crippen molar-refractivity contribution < 1.29 is 9.90 Å². The minimum atomic E-state index is -0.250. The van der Waals surface area contributed by atoms with Crippen molar-refractivity contribution in [2.75, 3.05) is 20.1 Å². The molecule has 1 aliphatic heterocycles. The number of hydrogen-bond acceptors (Lipinski definition) is 3. The van der Waals surface area contributed by atoms with Crippen LogP contribution >= 0.6 is 0 Å². The van der Waals surface area contributed by atoms with E-state index in [0.29, 0.717) is 12.6 Å². The Morgan fingerprint density at radius 1 is 1.28 bits per heavy atom. The van der Waals surface area contributed by atoms with Crippen molar-refractivity contribution in [2.24, 2.45) is 0 Å². The third kappa shape index (κ3) is 3.04. The molecule has 2 rings (SSSR count). The lowest BCUT2D eigenvalue weighted by molar-refractivity contribution is -0.137. The summed E-state index contributed by atoms with van der Waals surface area (Å²) in [6.07, 6.45) is 6.66. The SMILES string of the molecule is CC(C(=O)N(C)C1CCCCC1)N1CCC(O)C1. The van der Waals surface area contributed by atoms with Gasteiger partial charge in [0.15, 0.2) is 0 Å². The fourth-order valence-corrected chi connectivity index (χ4v) is 3.22. The van der Waals surface area contributed by atoms with E-state index in [4.69, 9.17) is 0 Å². The number of aliphatic hydroxyl groups excluding tert-OH is 1. The first kappa shape index (κ1) is 13.8. The topological polar surface area (TPSA) is 43.8 Å². The summed E-state index contributed by atoms with van der Waals surface area (Å²) >= 11 is 0. The van der Waals surface area contributed by atoms with Gasteiger partial charge in [-0.2, -0.15) is 0 Å². The molecule has 1 amide bonds. The number of likely N-dealkylation sites (N-methyl/N-ethyl adjacent to an activating group) is 1. The summed E-state index contributed by atoms with van der Waals surface area (Å²) in [5.41, 5.74) is 0. The molecule has 0 bridgehead atoms. The maximum atomic E-state index is 12.4. The van der Waals surface area contributed by atoms with Gasteiger partial charge in [0.25, 0.3) is 0 Å². The fraction of sp³-hybridized carbons (Fsp3) is 0.929. The molecule has 0 aromatic heterocycles. The zero-order chi connectivity index (χ0) is 13.1. The Kier molecular flexibility index (Phi) is 4.62. The second-order valence-corrected chi connectivity index (χ2v) is 5.85. The summed E-state index contributed by atoms with van der Waals surface area (Å²) in [6.45, 7) is 3.46. The first-order valence-electron chi connectivity index (χ1n) is 7.28. The summed E-state index contributed by atoms with van der Waals surface area (Å²) in [7, 11) is 1.95. The van der Waals surface area contributed by atoms with Gasteiger partial charge in [-0.25, -0.2) is 0 Å². The van der Waals surface area contributed by atoms with E-state index in [2.05, 4.69) is 4.90 Å². The van der Waals surface area contributed by atoms with Gasteiger partial charge in [-0.05, 0) is 26.2 Å². The van der Waals surface area contributed by atoms with E-state index >= 15 is 0 Å². The van der Waals surface area contributed by atoms with Crippen LogP contribution in [0.4, 0.5) is 0 Å². The molecule has 4 heteroatoms. The standard InChI is InChI=1S/C14H26N2O2/c1-11(16-9-8-13(17)10-16)14(18)15(2)12-6-4-3-5-7-12/h11-13,17H,3-10H2,1-2H3. The quantitative estimate of drug-likeness (QED) is 0.824. The number of carbonyl (C=O) groups is 1. The Balaban J connectivity index is 1.88. The van der Waals surface area contributed by atoms with Crippen LogP contribution in [-0.4, -0.2) is 59.1 Å². The summed E-state index contributed by atoms with van der Waals surface area (Å²) in [5, 5.41) is 9.55. The van der Waals surface area contributed by atoms with Gasteiger partial charge in [-0.15, -0.1) is 0 Å². The predicted octanol–water partition coefficient (Wildman–Crippen LogP) is 1.23. The smallest absolute Gasteiger partial charge is 0.239 e. The van der Waals surface area contributed by atoms with Gasteiger partial charge in [0.2, 0.25) is 5.91 Å². The normalized spacial score (nSPS) is 28.3. The molecule has 1 saturated carbocycles. The molecule has 1 aliphatic carbocycles. The molecule has 1 heterocycles. The molecule has 2 unspecified atom stereocenters. The van der Waals surface area contributed by atoms with Crippen molar-refractivity contribution in [1.29, 1.82) is 0 Å². The molecule has 0 aromatic rings. The number of amides is 1. The number of rotatable bonds is 3. The molecule has 18 heavy (non-hydrogen) atoms. The third-order valence-electron chi connectivity index (χ3n) is 4.57. The Labute approximate surface area is 110 Å². The molecular formula is C14H26N2O2. The average Bonchev–Trinajstić information content (AvgIpc) is 2.84. The van der Waals surface area contributed by atoms with Gasteiger partial charge in [-0.3, -0.25) is 9.69 Å². The predicted molar refractivity (Wildman–Crippen MR) is 71.3 cm³/mol. The van der Waals surface area contributed by atoms with E-state index in [-0.39, 0.29) is 18.1 Å². The first-order valence-corrected chi connectivity index (χ1v) is 7.28. The molecule has 4 nitrogen and oxygen atoms in total. The number of β-amino-alcohol motifs (C(OH)–C–C–N with tert-alkyl or cyclic N) is 1. The van der Waals surface area contributed by atoms with E-state index < -0.39 is 0 Å². The van der Waals surface area contributed by atoms with Crippen LogP contribution in [0.15, 0.2) is 0 Å². The van der Waals surface area contributed by atoms with Gasteiger partial charge in [0, 0.05) is 26.2 Å². The second-order valence-electron chi connectivity index (χ2n) is 5.85. The van der Waals surface area contributed by atoms with E-state index in [0.717, 1.165) is 25.8 Å². The Morgan fingerprint density at radius 2 is 1.94 bits per heavy atom. The molecule has 2 fully saturated rings. The van der Waals surface area contributed by atoms with Crippen LogP contribution in [0.25, 0.3) is 0 Å². The van der Waals surface area contributed by atoms with Gasteiger partial charge in [0.05, 0.1) is 12.1 Å². The maximum Gasteiger partial charge on any atom is 0.239 e. The number of nitrogens with zero attached hydrogens (tertiary/aromatic N) is 2. The first-order chi connectivity index (χ1) is 8.59. The maximum absolute atomic E-state index is 12.4. The summed E-state index contributed by atoms with van der Waals surface area (Å²) in [6, 6.07) is 0.343. The number of hydrogen-bond donors (Lipinski definition) is 1. The molecule has 104 valence electrons. The molecule has 1 saturated heterocycles. The zero-order valence-corrected chi connectivity index (χ0v) is 11.6. The second kappa shape index (κ2) is 6.02. The van der Waals surface area contributed by atoms with Crippen molar-refractivity contribution in [3.05, 3.63) is 0 Å². The van der Waals surface area contributed by atoms with Crippen molar-refractivity contribution in [3.63, 3.8) is 0 Å². The van der Waals surface area contributed by atoms with E-state index in [1.807, 2.05) is 18.9 Å². The minimum absolute atomic E-state index is 0.0888. The summed E-state index contributed by atoms with van der Waals surface area (Å²) in [4.78, 5) is 16.5. The van der Waals surface area contributed by atoms with Gasteiger partial charge in [-0.1, -0.05) is 19.3 Å². The van der Waals surface area contributed by atoms with E-state index in [1.165, 1.54) is 19.3 Å². The summed E-state index contributed by atoms with van der Waals surface area (Å²) < 4.78 is 0. The van der Waals surface area contributed by atoms with Crippen LogP contribution in [0, 0.1) is 0 Å². The minimum Gasteiger partial charge on any atom is -0.392 e. The van der Waals surface area contributed by atoms with Crippen molar-refractivity contribution in [1.82, 2.24) is 9.80 Å². The van der Waals surface area contributed by atoms with Crippen molar-refractivity contribution in [2.45, 2.75) is 63.6 Å². The largest absolute Gasteiger partial charge is 0.392 e. The highest BCUT2D eigenvalue weighted by atomic mass is 16.3. The lowest BCUT2D eigenvalue weighted by Gasteiger charge is -2.35. The van der Waals surface area contributed by atoms with Crippen LogP contribution in [0.1, 0.15) is 45.4 Å². The van der Waals surface area contributed by atoms with Crippen molar-refractivity contribution in [3.8, 4) is 0 Å². The van der Waals surface area contributed by atoms with Crippen LogP contribution in [0.5, 0.6) is 0 Å². The van der Waals surface area contributed by atoms with Gasteiger partial charge < -0.3 is 10.0 Å². The number of likely N-dealkylation sites (tertiary alicyclic amines) is 1. The monoisotopic (exact) mass is 254 g/mol. The number of carbonyl (C=O) groups excluding carboxylic acids is 1. The highest BCUT2D eigenvalue weighted by molar-refractivity contribution is 5.81. The highest BCUT2D eigenvalue weighted by Crippen LogP contribution is 2.23. The molecular weight excluding hydrogens is 228 g/mol. The van der Waals surface area contributed by atoms with Crippen LogP contribution in [-0.2, 0) is 4.79 Å². The Bertz CT molecular complexity index is 277. The number of aliphatic hydroxyl groups is 1. The van der Waals surface area contributed by atoms with Crippen molar-refractivity contribution >= 4 is 5.91 Å². The Hall–Kier alpha value is -0.610. The molecule has 0 radical (unpaired) electrons. The lowest BCUT2D eigenvalue weighted by Crippen LogP contribution is -2.49. The summed E-state index contributed by atoms with van der Waals surface area (Å²) in [5.74, 6) is 0.219. The van der Waals surface area contributed by atoms with E-state index in [9.17, 15) is 9.90 Å². The Morgan fingerprint density at radius 3 is 2.50 bits per heavy atom. The molecule has 2 aliphatic rings. The van der Waals surface area contributed by atoms with Crippen LogP contribution in [0.2, 0.25) is 0 Å². The third-order valence-corrected chi connectivity index (χ3v) is 4.57. The van der Waals surface area contributed by atoms with E-state index in [1.54, 1.807) is 0 Å². The van der Waals surface area contributed by atoms with Gasteiger partial charge in [0.1, 0.15) is 0 Å². The fourth-order valence-electron chi connectivity index (χ4n) is 3.22. The average molecular weight is 254 g/mol. The molecule has 1 N–H and O–H groups in total. The van der Waals surface area contributed by atoms with Crippen LogP contribution < -0.4 is 0 Å². The van der Waals surface area contributed by atoms with Gasteiger partial charge >= 0.3 is 0 Å². The molecule has 0 aromatic carbocycles. The van der Waals surface area contributed by atoms with Crippen LogP contribution in [0.3, 0.4) is 0 Å². The highest BCUT2D eigenvalue weighted by Gasteiger charge is 2.32.